The summed E-state index contributed by atoms with van der Waals surface area (Å²) >= 11 is 0. The number of hydrogen-bond acceptors (Lipinski definition) is 5. The minimum absolute atomic E-state index is 0.321. The molecule has 160 valence electrons. The Bertz CT molecular complexity index is 852. The number of aryl methyl sites for hydroxylation is 2. The van der Waals surface area contributed by atoms with Crippen LogP contribution in [0.25, 0.3) is 0 Å². The van der Waals surface area contributed by atoms with Crippen molar-refractivity contribution in [3.63, 3.8) is 0 Å². The predicted octanol–water partition coefficient (Wildman–Crippen LogP) is 4.46. The van der Waals surface area contributed by atoms with E-state index in [9.17, 15) is 4.79 Å². The van der Waals surface area contributed by atoms with Crippen molar-refractivity contribution in [3.8, 4) is 0 Å². The molecule has 0 atom stereocenters. The number of piperazine rings is 1. The van der Waals surface area contributed by atoms with Gasteiger partial charge in [-0.25, -0.2) is 4.98 Å². The number of nitrogens with zero attached hydrogens (tertiary/aromatic N) is 4. The highest BCUT2D eigenvalue weighted by molar-refractivity contribution is 5.76. The van der Waals surface area contributed by atoms with Gasteiger partial charge in [-0.3, -0.25) is 4.79 Å². The number of anilines is 3. The van der Waals surface area contributed by atoms with Gasteiger partial charge in [-0.05, 0) is 38.3 Å². The van der Waals surface area contributed by atoms with E-state index in [0.717, 1.165) is 55.7 Å². The summed E-state index contributed by atoms with van der Waals surface area (Å²) in [6.45, 7) is 7.24. The van der Waals surface area contributed by atoms with E-state index in [-0.39, 0.29) is 0 Å². The lowest BCUT2D eigenvalue weighted by atomic mass is 10.0. The lowest BCUT2D eigenvalue weighted by molar-refractivity contribution is -0.131. The number of benzene rings is 1. The fourth-order valence-corrected chi connectivity index (χ4v) is 4.51. The van der Waals surface area contributed by atoms with Crippen LogP contribution in [0.3, 0.4) is 0 Å². The van der Waals surface area contributed by atoms with Gasteiger partial charge in [0.2, 0.25) is 11.9 Å². The Kier molecular flexibility index (Phi) is 6.50. The van der Waals surface area contributed by atoms with Gasteiger partial charge in [-0.2, -0.15) is 4.98 Å². The van der Waals surface area contributed by atoms with Crippen LogP contribution >= 0.6 is 0 Å². The van der Waals surface area contributed by atoms with Crippen molar-refractivity contribution in [2.24, 2.45) is 5.92 Å². The van der Waals surface area contributed by atoms with Gasteiger partial charge in [-0.1, -0.05) is 43.4 Å². The average Bonchev–Trinajstić information content (AvgIpc) is 3.27. The molecular formula is C24H33N5O. The van der Waals surface area contributed by atoms with E-state index in [1.54, 1.807) is 0 Å². The first-order valence-corrected chi connectivity index (χ1v) is 11.3. The Balaban J connectivity index is 1.33. The molecule has 1 aliphatic carbocycles. The molecule has 0 radical (unpaired) electrons. The molecule has 0 bridgehead atoms. The standard InChI is InChI=1S/C24H33N5O/c1-18-7-10-21(11-8-18)26-24-25-19(2)17-22(27-24)28-13-15-29(16-14-28)23(30)12-9-20-5-3-4-6-20/h7-8,10-11,17,20H,3-6,9,12-16H2,1-2H3,(H,25,26,27). The van der Waals surface area contributed by atoms with E-state index in [1.807, 2.05) is 30.0 Å². The molecule has 1 aromatic heterocycles. The zero-order valence-corrected chi connectivity index (χ0v) is 18.2. The van der Waals surface area contributed by atoms with E-state index < -0.39 is 0 Å². The van der Waals surface area contributed by atoms with Gasteiger partial charge in [0.1, 0.15) is 5.82 Å². The van der Waals surface area contributed by atoms with Gasteiger partial charge < -0.3 is 15.1 Å². The summed E-state index contributed by atoms with van der Waals surface area (Å²) in [5.41, 5.74) is 3.14. The van der Waals surface area contributed by atoms with Crippen molar-refractivity contribution < 1.29 is 4.79 Å². The van der Waals surface area contributed by atoms with E-state index in [4.69, 9.17) is 4.98 Å². The topological polar surface area (TPSA) is 61.4 Å². The van der Waals surface area contributed by atoms with E-state index in [2.05, 4.69) is 34.3 Å². The minimum atomic E-state index is 0.321. The lowest BCUT2D eigenvalue weighted by Crippen LogP contribution is -2.49. The van der Waals surface area contributed by atoms with Gasteiger partial charge in [0.05, 0.1) is 0 Å². The first-order valence-electron chi connectivity index (χ1n) is 11.3. The second kappa shape index (κ2) is 9.45. The van der Waals surface area contributed by atoms with Crippen molar-refractivity contribution in [1.82, 2.24) is 14.9 Å². The fraction of sp³-hybridized carbons (Fsp3) is 0.542. The molecule has 6 heteroatoms. The first kappa shape index (κ1) is 20.6. The van der Waals surface area contributed by atoms with E-state index in [0.29, 0.717) is 18.3 Å². The van der Waals surface area contributed by atoms with Crippen LogP contribution in [-0.2, 0) is 4.79 Å². The SMILES string of the molecule is Cc1ccc(Nc2nc(C)cc(N3CCN(C(=O)CCC4CCCC4)CC3)n2)cc1. The summed E-state index contributed by atoms with van der Waals surface area (Å²) in [4.78, 5) is 26.2. The summed E-state index contributed by atoms with van der Waals surface area (Å²) in [5.74, 6) is 2.64. The highest BCUT2D eigenvalue weighted by Gasteiger charge is 2.24. The van der Waals surface area contributed by atoms with Crippen molar-refractivity contribution in [1.29, 1.82) is 0 Å². The predicted molar refractivity (Wildman–Crippen MR) is 121 cm³/mol. The molecule has 2 heterocycles. The molecule has 2 aliphatic rings. The fourth-order valence-electron chi connectivity index (χ4n) is 4.51. The highest BCUT2D eigenvalue weighted by atomic mass is 16.2. The van der Waals surface area contributed by atoms with Crippen LogP contribution in [0.5, 0.6) is 0 Å². The molecule has 1 saturated carbocycles. The number of amides is 1. The molecule has 1 saturated heterocycles. The van der Waals surface area contributed by atoms with Crippen LogP contribution in [-0.4, -0.2) is 47.0 Å². The molecule has 1 amide bonds. The highest BCUT2D eigenvalue weighted by Crippen LogP contribution is 2.29. The van der Waals surface area contributed by atoms with Crippen LogP contribution in [0.1, 0.15) is 49.8 Å². The molecule has 0 spiro atoms. The van der Waals surface area contributed by atoms with Gasteiger partial charge in [0.15, 0.2) is 0 Å². The quantitative estimate of drug-likeness (QED) is 0.766. The van der Waals surface area contributed by atoms with Crippen molar-refractivity contribution in [2.45, 2.75) is 52.4 Å². The molecule has 1 aromatic carbocycles. The average molecular weight is 408 g/mol. The number of hydrogen-bond donors (Lipinski definition) is 1. The van der Waals surface area contributed by atoms with Crippen LogP contribution in [0.4, 0.5) is 17.5 Å². The van der Waals surface area contributed by atoms with Crippen molar-refractivity contribution >= 4 is 23.4 Å². The first-order chi connectivity index (χ1) is 14.6. The van der Waals surface area contributed by atoms with E-state index >= 15 is 0 Å². The number of nitrogens with one attached hydrogen (secondary N) is 1. The zero-order valence-electron chi connectivity index (χ0n) is 18.2. The smallest absolute Gasteiger partial charge is 0.229 e. The molecule has 30 heavy (non-hydrogen) atoms. The van der Waals surface area contributed by atoms with Crippen molar-refractivity contribution in [2.75, 3.05) is 36.4 Å². The van der Waals surface area contributed by atoms with Gasteiger partial charge in [0, 0.05) is 50.0 Å². The molecular weight excluding hydrogens is 374 g/mol. The number of carbonyl (C=O) groups is 1. The number of carbonyl (C=O) groups excluding carboxylic acids is 1. The lowest BCUT2D eigenvalue weighted by Gasteiger charge is -2.35. The summed E-state index contributed by atoms with van der Waals surface area (Å²) in [5, 5.41) is 3.31. The summed E-state index contributed by atoms with van der Waals surface area (Å²) in [6.07, 6.45) is 7.09. The summed E-state index contributed by atoms with van der Waals surface area (Å²) in [7, 11) is 0. The second-order valence-corrected chi connectivity index (χ2v) is 8.74. The maximum atomic E-state index is 12.6. The molecule has 2 aromatic rings. The molecule has 1 aliphatic heterocycles. The molecule has 1 N–H and O–H groups in total. The summed E-state index contributed by atoms with van der Waals surface area (Å²) < 4.78 is 0. The minimum Gasteiger partial charge on any atom is -0.353 e. The van der Waals surface area contributed by atoms with Crippen LogP contribution < -0.4 is 10.2 Å². The molecule has 0 unspecified atom stereocenters. The third-order valence-corrected chi connectivity index (χ3v) is 6.35. The van der Waals surface area contributed by atoms with Crippen LogP contribution in [0.15, 0.2) is 30.3 Å². The Morgan fingerprint density at radius 2 is 1.73 bits per heavy atom. The Hall–Kier alpha value is -2.63. The number of rotatable bonds is 6. The molecule has 6 nitrogen and oxygen atoms in total. The second-order valence-electron chi connectivity index (χ2n) is 8.74. The zero-order chi connectivity index (χ0) is 20.9. The monoisotopic (exact) mass is 407 g/mol. The maximum absolute atomic E-state index is 12.6. The van der Waals surface area contributed by atoms with Gasteiger partial charge in [0.25, 0.3) is 0 Å². The summed E-state index contributed by atoms with van der Waals surface area (Å²) in [6, 6.07) is 10.2. The third kappa shape index (κ3) is 5.29. The van der Waals surface area contributed by atoms with Gasteiger partial charge in [-0.15, -0.1) is 0 Å². The third-order valence-electron chi connectivity index (χ3n) is 6.35. The number of aromatic nitrogens is 2. The Morgan fingerprint density at radius 1 is 1.03 bits per heavy atom. The van der Waals surface area contributed by atoms with Crippen LogP contribution in [0.2, 0.25) is 0 Å². The van der Waals surface area contributed by atoms with Crippen molar-refractivity contribution in [3.05, 3.63) is 41.6 Å². The Morgan fingerprint density at radius 3 is 2.43 bits per heavy atom. The molecule has 4 rings (SSSR count). The Labute approximate surface area is 179 Å². The molecule has 2 fully saturated rings. The van der Waals surface area contributed by atoms with Gasteiger partial charge >= 0.3 is 0 Å². The largest absolute Gasteiger partial charge is 0.353 e. The normalized spacial score (nSPS) is 17.4. The van der Waals surface area contributed by atoms with Crippen LogP contribution in [0, 0.1) is 19.8 Å². The van der Waals surface area contributed by atoms with E-state index in [1.165, 1.54) is 31.2 Å². The maximum Gasteiger partial charge on any atom is 0.229 e.